The summed E-state index contributed by atoms with van der Waals surface area (Å²) in [6, 6.07) is 4.82. The number of carbonyl (C=O) groups excluding carboxylic acids is 1. The van der Waals surface area contributed by atoms with Crippen molar-refractivity contribution in [2.75, 3.05) is 18.5 Å². The zero-order valence-electron chi connectivity index (χ0n) is 10.8. The van der Waals surface area contributed by atoms with Crippen molar-refractivity contribution in [3.05, 3.63) is 28.8 Å². The predicted molar refractivity (Wildman–Crippen MR) is 77.4 cm³/mol. The molecule has 0 radical (unpaired) electrons. The topological polar surface area (TPSA) is 73.4 Å². The molecule has 0 unspecified atom stereocenters. The van der Waals surface area contributed by atoms with E-state index in [1.807, 2.05) is 13.0 Å². The maximum absolute atomic E-state index is 12.3. The second-order valence-electron chi connectivity index (χ2n) is 3.92. The van der Waals surface area contributed by atoms with Crippen molar-refractivity contribution in [2.24, 2.45) is 5.73 Å². The molecule has 0 bridgehead atoms. The molecule has 1 aromatic carbocycles. The largest absolute Gasteiger partial charge is 0.370 e. The summed E-state index contributed by atoms with van der Waals surface area (Å²) in [5.41, 5.74) is 6.76. The normalized spacial score (nSPS) is 9.58. The van der Waals surface area contributed by atoms with Crippen molar-refractivity contribution < 1.29 is 4.79 Å². The van der Waals surface area contributed by atoms with Gasteiger partial charge in [-0.05, 0) is 18.6 Å². The van der Waals surface area contributed by atoms with Gasteiger partial charge in [0.15, 0.2) is 5.96 Å². The average molecular weight is 279 g/mol. The summed E-state index contributed by atoms with van der Waals surface area (Å²) < 4.78 is 0. The quantitative estimate of drug-likeness (QED) is 0.493. The Balaban J connectivity index is 3.12. The monoisotopic (exact) mass is 278 g/mol. The molecule has 2 amide bonds. The number of carbonyl (C=O) groups is 1. The van der Waals surface area contributed by atoms with Crippen molar-refractivity contribution in [3.63, 3.8) is 0 Å². The molecule has 0 atom stereocenters. The number of nitrogens with one attached hydrogen (secondary N) is 1. The second-order valence-corrected chi connectivity index (χ2v) is 4.33. The predicted octanol–water partition coefficient (Wildman–Crippen LogP) is 2.03. The first-order valence-electron chi connectivity index (χ1n) is 5.48. The van der Waals surface area contributed by atoms with Crippen LogP contribution in [0.2, 0.25) is 5.02 Å². The lowest BCUT2D eigenvalue weighted by molar-refractivity contribution is 0.231. The third kappa shape index (κ3) is 3.18. The Morgan fingerprint density at radius 2 is 2.21 bits per heavy atom. The number of anilines is 1. The van der Waals surface area contributed by atoms with Gasteiger partial charge in [-0.15, -0.1) is 6.42 Å². The van der Waals surface area contributed by atoms with Crippen LogP contribution in [-0.4, -0.2) is 30.5 Å². The van der Waals surface area contributed by atoms with E-state index in [9.17, 15) is 4.79 Å². The summed E-state index contributed by atoms with van der Waals surface area (Å²) in [5, 5.41) is 7.82. The van der Waals surface area contributed by atoms with Gasteiger partial charge < -0.3 is 5.73 Å². The number of halogens is 1. The van der Waals surface area contributed by atoms with E-state index in [1.165, 1.54) is 4.90 Å². The van der Waals surface area contributed by atoms with E-state index in [2.05, 4.69) is 5.92 Å². The number of aryl methyl sites for hydroxylation is 1. The number of terminal acetylenes is 1. The van der Waals surface area contributed by atoms with Crippen molar-refractivity contribution >= 4 is 29.3 Å². The maximum atomic E-state index is 12.3. The van der Waals surface area contributed by atoms with Crippen molar-refractivity contribution in [1.29, 1.82) is 5.41 Å². The zero-order chi connectivity index (χ0) is 14.6. The van der Waals surface area contributed by atoms with E-state index in [0.717, 1.165) is 10.5 Å². The Bertz CT molecular complexity index is 530. The minimum atomic E-state index is -0.498. The van der Waals surface area contributed by atoms with E-state index in [1.54, 1.807) is 19.2 Å². The maximum Gasteiger partial charge on any atom is 0.331 e. The van der Waals surface area contributed by atoms with Gasteiger partial charge in [0.05, 0.1) is 17.3 Å². The van der Waals surface area contributed by atoms with Crippen LogP contribution in [0.1, 0.15) is 5.56 Å². The summed E-state index contributed by atoms with van der Waals surface area (Å²) in [6.07, 6.45) is 5.16. The van der Waals surface area contributed by atoms with E-state index >= 15 is 0 Å². The molecule has 0 saturated carbocycles. The van der Waals surface area contributed by atoms with Gasteiger partial charge in [0, 0.05) is 7.05 Å². The van der Waals surface area contributed by atoms with E-state index in [-0.39, 0.29) is 6.54 Å². The van der Waals surface area contributed by atoms with Crippen molar-refractivity contribution in [3.8, 4) is 12.3 Å². The van der Waals surface area contributed by atoms with Gasteiger partial charge in [-0.2, -0.15) is 0 Å². The number of hydrogen-bond acceptors (Lipinski definition) is 2. The van der Waals surface area contributed by atoms with Gasteiger partial charge in [0.1, 0.15) is 0 Å². The highest BCUT2D eigenvalue weighted by atomic mass is 35.5. The molecule has 0 spiro atoms. The Morgan fingerprint density at radius 1 is 1.58 bits per heavy atom. The number of urea groups is 1. The van der Waals surface area contributed by atoms with Crippen LogP contribution in [0.5, 0.6) is 0 Å². The SMILES string of the molecule is C#CCN(C(=N)N)C(=O)N(C)c1c(C)cccc1Cl. The lowest BCUT2D eigenvalue weighted by Crippen LogP contribution is -2.48. The fourth-order valence-electron chi connectivity index (χ4n) is 1.67. The molecule has 3 N–H and O–H groups in total. The van der Waals surface area contributed by atoms with Crippen LogP contribution in [0, 0.1) is 24.7 Å². The standard InChI is InChI=1S/C13H15ClN4O/c1-4-8-18(12(15)16)13(19)17(3)11-9(2)6-5-7-10(11)14/h1,5-7H,8H2,2-3H3,(H3,15,16). The fraction of sp³-hybridized carbons (Fsp3) is 0.231. The van der Waals surface area contributed by atoms with E-state index in [0.29, 0.717) is 10.7 Å². The second kappa shape index (κ2) is 6.12. The van der Waals surface area contributed by atoms with Crippen LogP contribution in [0.3, 0.4) is 0 Å². The Labute approximate surface area is 117 Å². The molecule has 0 heterocycles. The highest BCUT2D eigenvalue weighted by molar-refractivity contribution is 6.34. The Morgan fingerprint density at radius 3 is 2.68 bits per heavy atom. The molecule has 1 rings (SSSR count). The van der Waals surface area contributed by atoms with Gasteiger partial charge in [0.2, 0.25) is 0 Å². The van der Waals surface area contributed by atoms with Gasteiger partial charge >= 0.3 is 6.03 Å². The van der Waals surface area contributed by atoms with Crippen LogP contribution in [0.25, 0.3) is 0 Å². The highest BCUT2D eigenvalue weighted by Gasteiger charge is 2.23. The Hall–Kier alpha value is -2.19. The summed E-state index contributed by atoms with van der Waals surface area (Å²) >= 11 is 6.09. The van der Waals surface area contributed by atoms with Crippen molar-refractivity contribution in [2.45, 2.75) is 6.92 Å². The lowest BCUT2D eigenvalue weighted by atomic mass is 10.2. The first-order valence-corrected chi connectivity index (χ1v) is 5.85. The number of hydrogen-bond donors (Lipinski definition) is 2. The van der Waals surface area contributed by atoms with Gasteiger partial charge in [-0.25, -0.2) is 4.79 Å². The number of amides is 2. The number of nitrogens with two attached hydrogens (primary N) is 1. The minimum absolute atomic E-state index is 0.0675. The average Bonchev–Trinajstić information content (AvgIpc) is 2.34. The molecule has 0 aliphatic carbocycles. The highest BCUT2D eigenvalue weighted by Crippen LogP contribution is 2.29. The Kier molecular flexibility index (Phi) is 4.79. The van der Waals surface area contributed by atoms with Crippen LogP contribution >= 0.6 is 11.6 Å². The summed E-state index contributed by atoms with van der Waals surface area (Å²) in [7, 11) is 1.56. The van der Waals surface area contributed by atoms with Gasteiger partial charge in [0.25, 0.3) is 0 Å². The van der Waals surface area contributed by atoms with E-state index in [4.69, 9.17) is 29.2 Å². The van der Waals surface area contributed by atoms with Crippen LogP contribution in [0.4, 0.5) is 10.5 Å². The molecular formula is C13H15ClN4O. The molecule has 1 aromatic rings. The number of guanidine groups is 1. The molecule has 0 fully saturated rings. The number of benzene rings is 1. The molecule has 100 valence electrons. The fourth-order valence-corrected chi connectivity index (χ4v) is 2.02. The molecule has 0 aromatic heterocycles. The summed E-state index contributed by atoms with van der Waals surface area (Å²) in [4.78, 5) is 14.6. The zero-order valence-corrected chi connectivity index (χ0v) is 11.5. The molecule has 6 heteroatoms. The van der Waals surface area contributed by atoms with Gasteiger partial charge in [-0.1, -0.05) is 29.7 Å². The summed E-state index contributed by atoms with van der Waals surface area (Å²) in [5.74, 6) is 1.89. The third-order valence-electron chi connectivity index (χ3n) is 2.58. The molecule has 5 nitrogen and oxygen atoms in total. The first kappa shape index (κ1) is 14.9. The third-order valence-corrected chi connectivity index (χ3v) is 2.89. The van der Waals surface area contributed by atoms with Crippen LogP contribution < -0.4 is 10.6 Å². The summed E-state index contributed by atoms with van der Waals surface area (Å²) in [6.45, 7) is 1.77. The molecule has 19 heavy (non-hydrogen) atoms. The molecule has 0 saturated heterocycles. The molecular weight excluding hydrogens is 264 g/mol. The first-order chi connectivity index (χ1) is 8.90. The van der Waals surface area contributed by atoms with Crippen LogP contribution in [-0.2, 0) is 0 Å². The van der Waals surface area contributed by atoms with Crippen LogP contribution in [0.15, 0.2) is 18.2 Å². The van der Waals surface area contributed by atoms with Gasteiger partial charge in [-0.3, -0.25) is 15.2 Å². The number of nitrogens with zero attached hydrogens (tertiary/aromatic N) is 2. The molecule has 0 aliphatic rings. The number of rotatable bonds is 2. The molecule has 0 aliphatic heterocycles. The minimum Gasteiger partial charge on any atom is -0.370 e. The smallest absolute Gasteiger partial charge is 0.331 e. The number of para-hydroxylation sites is 1. The lowest BCUT2D eigenvalue weighted by Gasteiger charge is -2.27. The van der Waals surface area contributed by atoms with E-state index < -0.39 is 12.0 Å². The van der Waals surface area contributed by atoms with Crippen molar-refractivity contribution in [1.82, 2.24) is 4.90 Å².